The van der Waals surface area contributed by atoms with Crippen molar-refractivity contribution in [2.75, 3.05) is 12.8 Å². The Labute approximate surface area is 187 Å². The van der Waals surface area contributed by atoms with Crippen LogP contribution in [0.15, 0.2) is 54.7 Å². The first-order chi connectivity index (χ1) is 15.3. The Balaban J connectivity index is 1.76. The largest absolute Gasteiger partial charge is 0.497 e. The Bertz CT molecular complexity index is 1370. The number of nitrogen functional groups attached to an aromatic ring is 1. The highest BCUT2D eigenvalue weighted by Gasteiger charge is 2.53. The number of aromatic amines is 1. The molecule has 7 nitrogen and oxygen atoms in total. The zero-order valence-corrected chi connectivity index (χ0v) is 17.7. The van der Waals surface area contributed by atoms with Crippen molar-refractivity contribution in [1.82, 2.24) is 15.1 Å². The summed E-state index contributed by atoms with van der Waals surface area (Å²) in [6.07, 6.45) is 1.54. The molecule has 5 rings (SSSR count). The molecule has 2 heterocycles. The first kappa shape index (κ1) is 20.3. The van der Waals surface area contributed by atoms with E-state index in [-0.39, 0.29) is 33.9 Å². The van der Waals surface area contributed by atoms with E-state index in [1.54, 1.807) is 43.6 Å². The molecular weight excluding hydrogens is 435 g/mol. The number of anilines is 1. The Hall–Kier alpha value is -3.62. The van der Waals surface area contributed by atoms with Gasteiger partial charge < -0.3 is 15.6 Å². The van der Waals surface area contributed by atoms with Crippen molar-refractivity contribution in [3.63, 3.8) is 0 Å². The Morgan fingerprint density at radius 3 is 2.72 bits per heavy atom. The van der Waals surface area contributed by atoms with Gasteiger partial charge in [-0.25, -0.2) is 4.39 Å². The lowest BCUT2D eigenvalue weighted by Crippen LogP contribution is -2.44. The minimum atomic E-state index is -2.10. The fraction of sp³-hybridized carbons (Fsp3) is 0.130. The molecular formula is C23H18ClFN4O3. The van der Waals surface area contributed by atoms with Crippen molar-refractivity contribution in [3.8, 4) is 5.75 Å². The fourth-order valence-electron chi connectivity index (χ4n) is 4.26. The second-order valence-corrected chi connectivity index (χ2v) is 7.99. The number of halogens is 2. The molecule has 4 N–H and O–H groups in total. The van der Waals surface area contributed by atoms with Crippen molar-refractivity contribution in [2.24, 2.45) is 0 Å². The molecule has 0 aliphatic carbocycles. The quantitative estimate of drug-likeness (QED) is 0.408. The van der Waals surface area contributed by atoms with Crippen molar-refractivity contribution in [2.45, 2.75) is 12.3 Å². The van der Waals surface area contributed by atoms with Crippen molar-refractivity contribution in [3.05, 3.63) is 87.8 Å². The van der Waals surface area contributed by atoms with E-state index >= 15 is 0 Å². The van der Waals surface area contributed by atoms with E-state index < -0.39 is 17.4 Å². The van der Waals surface area contributed by atoms with Gasteiger partial charge in [0.05, 0.1) is 24.4 Å². The van der Waals surface area contributed by atoms with Crippen LogP contribution in [0.5, 0.6) is 5.75 Å². The number of ether oxygens (including phenoxy) is 1. The molecule has 1 unspecified atom stereocenters. The van der Waals surface area contributed by atoms with Crippen LogP contribution >= 0.6 is 11.6 Å². The van der Waals surface area contributed by atoms with E-state index in [2.05, 4.69) is 10.2 Å². The number of amides is 1. The lowest BCUT2D eigenvalue weighted by Gasteiger charge is -2.36. The highest BCUT2D eigenvalue weighted by atomic mass is 35.5. The van der Waals surface area contributed by atoms with Gasteiger partial charge in [-0.15, -0.1) is 0 Å². The summed E-state index contributed by atoms with van der Waals surface area (Å²) in [7, 11) is 1.55. The zero-order chi connectivity index (χ0) is 22.6. The average molecular weight is 453 g/mol. The molecule has 3 aromatic carbocycles. The monoisotopic (exact) mass is 452 g/mol. The van der Waals surface area contributed by atoms with Gasteiger partial charge in [-0.2, -0.15) is 5.10 Å². The van der Waals surface area contributed by atoms with E-state index in [0.29, 0.717) is 16.7 Å². The highest BCUT2D eigenvalue weighted by molar-refractivity contribution is 6.31. The van der Waals surface area contributed by atoms with Gasteiger partial charge in [0.2, 0.25) is 0 Å². The fourth-order valence-corrected chi connectivity index (χ4v) is 4.51. The Kier molecular flexibility index (Phi) is 4.58. The number of aromatic nitrogens is 2. The Morgan fingerprint density at radius 1 is 1.25 bits per heavy atom. The van der Waals surface area contributed by atoms with Crippen LogP contribution in [0, 0.1) is 5.82 Å². The molecule has 0 fully saturated rings. The number of carbonyl (C=O) groups excluding carboxylic acids is 1. The third kappa shape index (κ3) is 2.84. The zero-order valence-electron chi connectivity index (χ0n) is 16.9. The molecule has 9 heteroatoms. The van der Waals surface area contributed by atoms with E-state index in [1.807, 2.05) is 0 Å². The molecule has 0 saturated heterocycles. The summed E-state index contributed by atoms with van der Waals surface area (Å²) >= 11 is 6.40. The van der Waals surface area contributed by atoms with Crippen LogP contribution in [0.2, 0.25) is 5.02 Å². The first-order valence-corrected chi connectivity index (χ1v) is 10.1. The van der Waals surface area contributed by atoms with Crippen LogP contribution in [0.25, 0.3) is 10.9 Å². The molecule has 1 aromatic heterocycles. The summed E-state index contributed by atoms with van der Waals surface area (Å²) in [5.74, 6) is -0.443. The maximum Gasteiger partial charge on any atom is 0.259 e. The molecule has 0 bridgehead atoms. The van der Waals surface area contributed by atoms with Gasteiger partial charge in [0.15, 0.2) is 5.72 Å². The number of carbonyl (C=O) groups is 1. The van der Waals surface area contributed by atoms with Crippen LogP contribution in [0.4, 0.5) is 10.1 Å². The SMILES string of the molecule is COc1ccc(CN2C(=O)c3c(c(N)cc4cn[nH]c34)C2(O)c2cc(F)ccc2Cl)cc1. The topological polar surface area (TPSA) is 104 Å². The lowest BCUT2D eigenvalue weighted by molar-refractivity contribution is -0.0539. The Morgan fingerprint density at radius 2 is 2.00 bits per heavy atom. The minimum absolute atomic E-state index is 0.00984. The molecule has 4 aromatic rings. The summed E-state index contributed by atoms with van der Waals surface area (Å²) in [6, 6.07) is 12.3. The number of nitrogens with one attached hydrogen (secondary N) is 1. The molecule has 0 radical (unpaired) electrons. The van der Waals surface area contributed by atoms with E-state index in [1.165, 1.54) is 17.0 Å². The third-order valence-corrected chi connectivity index (χ3v) is 6.10. The second-order valence-electron chi connectivity index (χ2n) is 7.59. The van der Waals surface area contributed by atoms with Gasteiger partial charge >= 0.3 is 0 Å². The number of nitrogens with two attached hydrogens (primary N) is 1. The molecule has 1 amide bonds. The molecule has 32 heavy (non-hydrogen) atoms. The molecule has 1 atom stereocenters. The minimum Gasteiger partial charge on any atom is -0.497 e. The number of fused-ring (bicyclic) bond motifs is 3. The standard InChI is InChI=1S/C23H18ClFN4O3/c1-32-15-5-2-12(3-6-15)11-29-22(30)19-20(18(26)8-13-10-27-28-21(13)19)23(29,31)16-9-14(25)4-7-17(16)24/h2-10,31H,11,26H2,1H3,(H,27,28). The normalized spacial score (nSPS) is 17.8. The van der Waals surface area contributed by atoms with Crippen LogP contribution in [0.1, 0.15) is 27.0 Å². The number of hydrogen-bond acceptors (Lipinski definition) is 5. The third-order valence-electron chi connectivity index (χ3n) is 5.77. The van der Waals surface area contributed by atoms with E-state index in [4.69, 9.17) is 22.1 Å². The molecule has 1 aliphatic heterocycles. The summed E-state index contributed by atoms with van der Waals surface area (Å²) in [6.45, 7) is 0.00984. The van der Waals surface area contributed by atoms with Gasteiger partial charge in [0.25, 0.3) is 5.91 Å². The number of rotatable bonds is 4. The lowest BCUT2D eigenvalue weighted by atomic mass is 9.91. The van der Waals surface area contributed by atoms with Crippen molar-refractivity contribution in [1.29, 1.82) is 0 Å². The molecule has 0 saturated carbocycles. The molecule has 0 spiro atoms. The first-order valence-electron chi connectivity index (χ1n) is 9.73. The maximum absolute atomic E-state index is 14.3. The van der Waals surface area contributed by atoms with Gasteiger partial charge in [0.1, 0.15) is 11.6 Å². The van der Waals surface area contributed by atoms with Crippen LogP contribution < -0.4 is 10.5 Å². The van der Waals surface area contributed by atoms with Crippen molar-refractivity contribution < 1.29 is 19.0 Å². The smallest absolute Gasteiger partial charge is 0.259 e. The van der Waals surface area contributed by atoms with Crippen LogP contribution in [-0.4, -0.2) is 33.2 Å². The highest BCUT2D eigenvalue weighted by Crippen LogP contribution is 2.49. The summed E-state index contributed by atoms with van der Waals surface area (Å²) in [5, 5.41) is 19.6. The molecule has 162 valence electrons. The summed E-state index contributed by atoms with van der Waals surface area (Å²) in [4.78, 5) is 14.9. The number of H-pyrrole nitrogens is 1. The van der Waals surface area contributed by atoms with Gasteiger partial charge in [0, 0.05) is 33.8 Å². The van der Waals surface area contributed by atoms with Gasteiger partial charge in [-0.05, 0) is 42.0 Å². The predicted molar refractivity (Wildman–Crippen MR) is 118 cm³/mol. The van der Waals surface area contributed by atoms with Gasteiger partial charge in [-0.3, -0.25) is 14.8 Å². The number of benzene rings is 3. The predicted octanol–water partition coefficient (Wildman–Crippen LogP) is 3.80. The van der Waals surface area contributed by atoms with Crippen LogP contribution in [0.3, 0.4) is 0 Å². The summed E-state index contributed by atoms with van der Waals surface area (Å²) < 4.78 is 19.4. The molecule has 1 aliphatic rings. The number of hydrogen-bond donors (Lipinski definition) is 3. The van der Waals surface area contributed by atoms with Crippen molar-refractivity contribution >= 4 is 34.1 Å². The van der Waals surface area contributed by atoms with Crippen LogP contribution in [-0.2, 0) is 12.3 Å². The summed E-state index contributed by atoms with van der Waals surface area (Å²) in [5.41, 5.74) is 5.87. The van der Waals surface area contributed by atoms with E-state index in [9.17, 15) is 14.3 Å². The number of nitrogens with zero attached hydrogens (tertiary/aromatic N) is 2. The average Bonchev–Trinajstić information content (AvgIpc) is 3.33. The van der Waals surface area contributed by atoms with E-state index in [0.717, 1.165) is 11.6 Å². The second kappa shape index (κ2) is 7.22. The number of aliphatic hydroxyl groups is 1. The maximum atomic E-state index is 14.3. The number of methoxy groups -OCH3 is 1. The van der Waals surface area contributed by atoms with Gasteiger partial charge in [-0.1, -0.05) is 23.7 Å².